The van der Waals surface area contributed by atoms with Gasteiger partial charge in [-0.3, -0.25) is 0 Å². The first-order valence-corrected chi connectivity index (χ1v) is 5.18. The van der Waals surface area contributed by atoms with Crippen LogP contribution in [0.4, 0.5) is 10.5 Å². The molecule has 0 atom stereocenters. The Morgan fingerprint density at radius 2 is 2.29 bits per heavy atom. The topological polar surface area (TPSA) is 81.1 Å². The summed E-state index contributed by atoms with van der Waals surface area (Å²) in [6.07, 6.45) is 1.57. The van der Waals surface area contributed by atoms with Gasteiger partial charge in [-0.25, -0.2) is 9.78 Å². The minimum absolute atomic E-state index is 0.126. The van der Waals surface area contributed by atoms with Gasteiger partial charge in [0.25, 0.3) is 0 Å². The van der Waals surface area contributed by atoms with Crippen LogP contribution < -0.4 is 10.6 Å². The molecule has 2 N–H and O–H groups in total. The number of nitriles is 1. The highest BCUT2D eigenvalue weighted by molar-refractivity contribution is 5.73. The highest BCUT2D eigenvalue weighted by Gasteiger charge is 2.00. The molecule has 0 radical (unpaired) electrons. The molecule has 0 aromatic carbocycles. The van der Waals surface area contributed by atoms with Gasteiger partial charge >= 0.3 is 6.03 Å². The molecule has 90 valence electrons. The standard InChI is InChI=1S/C11H15N5O/c1-16(2)11(17)15-6-5-14-9-3-4-13-10(7-9)8-12/h3-4,7H,5-6H2,1-2H3,(H,13,14)(H,15,17). The first-order chi connectivity index (χ1) is 8.13. The number of anilines is 1. The van der Waals surface area contributed by atoms with Gasteiger partial charge < -0.3 is 15.5 Å². The van der Waals surface area contributed by atoms with Crippen molar-refractivity contribution in [3.8, 4) is 6.07 Å². The molecule has 6 nitrogen and oxygen atoms in total. The summed E-state index contributed by atoms with van der Waals surface area (Å²) in [4.78, 5) is 16.5. The molecule has 0 saturated heterocycles. The van der Waals surface area contributed by atoms with Crippen LogP contribution in [0.25, 0.3) is 0 Å². The van der Waals surface area contributed by atoms with Gasteiger partial charge in [0.1, 0.15) is 11.8 Å². The van der Waals surface area contributed by atoms with Gasteiger partial charge in [0.05, 0.1) is 0 Å². The second-order valence-corrected chi connectivity index (χ2v) is 3.59. The number of carbonyl (C=O) groups excluding carboxylic acids is 1. The van der Waals surface area contributed by atoms with Crippen LogP contribution in [0.5, 0.6) is 0 Å². The molecule has 1 heterocycles. The van der Waals surface area contributed by atoms with Crippen molar-refractivity contribution in [2.45, 2.75) is 0 Å². The van der Waals surface area contributed by atoms with Gasteiger partial charge in [0.15, 0.2) is 0 Å². The summed E-state index contributed by atoms with van der Waals surface area (Å²) in [6.45, 7) is 1.11. The van der Waals surface area contributed by atoms with Crippen molar-refractivity contribution in [3.05, 3.63) is 24.0 Å². The first-order valence-electron chi connectivity index (χ1n) is 5.18. The molecule has 0 spiro atoms. The monoisotopic (exact) mass is 233 g/mol. The number of aromatic nitrogens is 1. The van der Waals surface area contributed by atoms with Crippen LogP contribution in [0.1, 0.15) is 5.69 Å². The number of hydrogen-bond donors (Lipinski definition) is 2. The van der Waals surface area contributed by atoms with Gasteiger partial charge in [-0.15, -0.1) is 0 Å². The molecule has 0 saturated carbocycles. The van der Waals surface area contributed by atoms with Gasteiger partial charge in [-0.05, 0) is 12.1 Å². The maximum atomic E-state index is 11.2. The predicted molar refractivity (Wildman–Crippen MR) is 64.5 cm³/mol. The summed E-state index contributed by atoms with van der Waals surface area (Å²) >= 11 is 0. The van der Waals surface area contributed by atoms with E-state index in [-0.39, 0.29) is 6.03 Å². The molecule has 0 fully saturated rings. The first kappa shape index (κ1) is 12.8. The van der Waals surface area contributed by atoms with E-state index in [0.29, 0.717) is 18.8 Å². The number of nitrogens with zero attached hydrogens (tertiary/aromatic N) is 3. The van der Waals surface area contributed by atoms with Crippen molar-refractivity contribution in [1.29, 1.82) is 5.26 Å². The van der Waals surface area contributed by atoms with Crippen LogP contribution in [-0.4, -0.2) is 43.1 Å². The Balaban J connectivity index is 2.31. The van der Waals surface area contributed by atoms with Crippen LogP contribution in [0.15, 0.2) is 18.3 Å². The highest BCUT2D eigenvalue weighted by atomic mass is 16.2. The van der Waals surface area contributed by atoms with Crippen LogP contribution in [0, 0.1) is 11.3 Å². The Morgan fingerprint density at radius 3 is 2.94 bits per heavy atom. The Morgan fingerprint density at radius 1 is 1.53 bits per heavy atom. The van der Waals surface area contributed by atoms with Crippen molar-refractivity contribution in [1.82, 2.24) is 15.2 Å². The molecule has 0 aliphatic heterocycles. The molecule has 0 unspecified atom stereocenters. The lowest BCUT2D eigenvalue weighted by atomic mass is 10.3. The van der Waals surface area contributed by atoms with E-state index in [1.807, 2.05) is 6.07 Å². The van der Waals surface area contributed by atoms with E-state index in [2.05, 4.69) is 15.6 Å². The van der Waals surface area contributed by atoms with Crippen molar-refractivity contribution >= 4 is 11.7 Å². The number of nitrogens with one attached hydrogen (secondary N) is 2. The predicted octanol–water partition coefficient (Wildman–Crippen LogP) is 0.636. The quantitative estimate of drug-likeness (QED) is 0.748. The third-order valence-electron chi connectivity index (χ3n) is 2.01. The fourth-order valence-electron chi connectivity index (χ4n) is 1.14. The average Bonchev–Trinajstić information content (AvgIpc) is 2.34. The SMILES string of the molecule is CN(C)C(=O)NCCNc1ccnc(C#N)c1. The molecule has 0 bridgehead atoms. The fourth-order valence-corrected chi connectivity index (χ4v) is 1.14. The molecule has 6 heteroatoms. The zero-order valence-corrected chi connectivity index (χ0v) is 9.90. The van der Waals surface area contributed by atoms with Gasteiger partial charge in [0, 0.05) is 39.1 Å². The number of pyridine rings is 1. The van der Waals surface area contributed by atoms with Crippen LogP contribution in [0.3, 0.4) is 0 Å². The van der Waals surface area contributed by atoms with Crippen molar-refractivity contribution < 1.29 is 4.79 Å². The zero-order chi connectivity index (χ0) is 12.7. The summed E-state index contributed by atoms with van der Waals surface area (Å²) in [7, 11) is 3.37. The third-order valence-corrected chi connectivity index (χ3v) is 2.01. The number of rotatable bonds is 4. The van der Waals surface area contributed by atoms with E-state index in [1.165, 1.54) is 4.90 Å². The third kappa shape index (κ3) is 4.38. The summed E-state index contributed by atoms with van der Waals surface area (Å²) in [6, 6.07) is 5.27. The van der Waals surface area contributed by atoms with Crippen molar-refractivity contribution in [2.24, 2.45) is 0 Å². The molecule has 1 aromatic heterocycles. The second-order valence-electron chi connectivity index (χ2n) is 3.59. The molecule has 2 amide bonds. The molecule has 0 aliphatic rings. The number of carbonyl (C=O) groups is 1. The van der Waals surface area contributed by atoms with Gasteiger partial charge in [0.2, 0.25) is 0 Å². The Kier molecular flexibility index (Phi) is 4.76. The lowest BCUT2D eigenvalue weighted by Gasteiger charge is -2.12. The molecule has 17 heavy (non-hydrogen) atoms. The van der Waals surface area contributed by atoms with E-state index >= 15 is 0 Å². The van der Waals surface area contributed by atoms with Crippen LogP contribution >= 0.6 is 0 Å². The summed E-state index contributed by atoms with van der Waals surface area (Å²) in [5, 5.41) is 14.5. The normalized spacial score (nSPS) is 9.24. The summed E-state index contributed by atoms with van der Waals surface area (Å²) in [5.41, 5.74) is 1.18. The molecule has 0 aliphatic carbocycles. The fraction of sp³-hybridized carbons (Fsp3) is 0.364. The van der Waals surface area contributed by atoms with Crippen LogP contribution in [-0.2, 0) is 0 Å². The minimum Gasteiger partial charge on any atom is -0.383 e. The van der Waals surface area contributed by atoms with E-state index in [9.17, 15) is 4.79 Å². The minimum atomic E-state index is -0.126. The maximum absolute atomic E-state index is 11.2. The maximum Gasteiger partial charge on any atom is 0.316 e. The summed E-state index contributed by atoms with van der Waals surface area (Å²) < 4.78 is 0. The van der Waals surface area contributed by atoms with Crippen molar-refractivity contribution in [3.63, 3.8) is 0 Å². The lowest BCUT2D eigenvalue weighted by Crippen LogP contribution is -2.37. The Hall–Kier alpha value is -2.29. The van der Waals surface area contributed by atoms with Gasteiger partial charge in [-0.1, -0.05) is 0 Å². The second kappa shape index (κ2) is 6.33. The zero-order valence-electron chi connectivity index (χ0n) is 9.90. The number of hydrogen-bond acceptors (Lipinski definition) is 4. The van der Waals surface area contributed by atoms with Crippen LogP contribution in [0.2, 0.25) is 0 Å². The molecule has 1 aromatic rings. The Bertz CT molecular complexity index is 424. The number of amides is 2. The lowest BCUT2D eigenvalue weighted by molar-refractivity contribution is 0.218. The molecular weight excluding hydrogens is 218 g/mol. The average molecular weight is 233 g/mol. The van der Waals surface area contributed by atoms with Gasteiger partial charge in [-0.2, -0.15) is 5.26 Å². The van der Waals surface area contributed by atoms with E-state index < -0.39 is 0 Å². The van der Waals surface area contributed by atoms with Crippen molar-refractivity contribution in [2.75, 3.05) is 32.5 Å². The van der Waals surface area contributed by atoms with E-state index in [1.54, 1.807) is 32.4 Å². The number of urea groups is 1. The largest absolute Gasteiger partial charge is 0.383 e. The smallest absolute Gasteiger partial charge is 0.316 e. The molecule has 1 rings (SSSR count). The van der Waals surface area contributed by atoms with E-state index in [4.69, 9.17) is 5.26 Å². The van der Waals surface area contributed by atoms with E-state index in [0.717, 1.165) is 5.69 Å². The Labute approximate surface area is 100 Å². The highest BCUT2D eigenvalue weighted by Crippen LogP contribution is 2.05. The summed E-state index contributed by atoms with van der Waals surface area (Å²) in [5.74, 6) is 0. The molecular formula is C11H15N5O.